The predicted molar refractivity (Wildman–Crippen MR) is 283 cm³/mol. The zero-order valence-corrected chi connectivity index (χ0v) is 46.5. The fourth-order valence-corrected chi connectivity index (χ4v) is 8.23. The van der Waals surface area contributed by atoms with E-state index >= 15 is 0 Å². The Kier molecular flexibility index (Phi) is 24.4. The second-order valence-corrected chi connectivity index (χ2v) is 19.2. The fourth-order valence-electron chi connectivity index (χ4n) is 7.65. The SMILES string of the molecule is CC[C@@H]1CCCC[C@H]1NC.CCc1c(Br)ccc(OC)c1F.COc1ccc(-n2cc(C)c(C)n2)c(CN)c1F.COc1ccc(-n2cc(C)c(C)n2)c(CNC(=O)OC(C)(C)C)c1F.Cc1cn[nH]c1C. The second kappa shape index (κ2) is 29.0. The highest BCUT2D eigenvalue weighted by molar-refractivity contribution is 9.10. The normalized spacial score (nSPS) is 13.9. The van der Waals surface area contributed by atoms with Crippen LogP contribution in [0.3, 0.4) is 0 Å². The standard InChI is InChI=1S/C18H24FN3O3.C13H16FN3O.C9H10BrFO.C9H19N.C5H8N2/c1-11-10-22(21-12(11)2)14-7-8-15(24-6)16(19)13(14)9-20-17(23)25-18(3,4)5;1-8-7-17(16-9(8)2)11-4-5-12(18-3)13(14)10(11)6-15;1-3-6-7(10)4-5-8(12-2)9(6)11;1-3-8-6-4-5-7-9(8)10-2;1-4-3-6-7-5(4)2/h7-8,10H,9H2,1-6H3,(H,20,23);4-5,7H,6,15H2,1-3H3;4-5H,3H2,1-2H3;8-10H,3-7H2,1-2H3;3H,1-2H3,(H,6,7)/t;;;8-,9-;/m...1./s1. The molecule has 3 aromatic carbocycles. The first-order chi connectivity index (χ1) is 34.1. The van der Waals surface area contributed by atoms with Crippen molar-refractivity contribution in [3.63, 3.8) is 0 Å². The van der Waals surface area contributed by atoms with Crippen LogP contribution < -0.4 is 30.6 Å². The maximum atomic E-state index is 14.8. The molecule has 6 aromatic rings. The van der Waals surface area contributed by atoms with Gasteiger partial charge < -0.3 is 35.3 Å². The summed E-state index contributed by atoms with van der Waals surface area (Å²) in [5.41, 5.74) is 13.7. The number of nitrogens with zero attached hydrogens (tertiary/aromatic N) is 5. The van der Waals surface area contributed by atoms with Crippen molar-refractivity contribution in [2.75, 3.05) is 28.4 Å². The third-order valence-corrected chi connectivity index (χ3v) is 13.0. The van der Waals surface area contributed by atoms with Crippen LogP contribution in [0, 0.1) is 64.9 Å². The van der Waals surface area contributed by atoms with Crippen LogP contribution in [0.5, 0.6) is 17.2 Å². The topological polar surface area (TPSA) is 168 Å². The van der Waals surface area contributed by atoms with Crippen molar-refractivity contribution >= 4 is 22.0 Å². The number of aromatic amines is 1. The average Bonchev–Trinajstić information content (AvgIpc) is 4.02. The van der Waals surface area contributed by atoms with Crippen molar-refractivity contribution in [3.05, 3.63) is 127 Å². The summed E-state index contributed by atoms with van der Waals surface area (Å²) in [5, 5.41) is 21.3. The molecular weight excluding hydrogens is 992 g/mol. The van der Waals surface area contributed by atoms with Crippen LogP contribution >= 0.6 is 15.9 Å². The number of halogens is 4. The summed E-state index contributed by atoms with van der Waals surface area (Å²) in [6, 6.07) is 10.8. The van der Waals surface area contributed by atoms with Crippen LogP contribution in [0.4, 0.5) is 18.0 Å². The minimum Gasteiger partial charge on any atom is -0.494 e. The molecule has 0 saturated heterocycles. The molecule has 0 radical (unpaired) electrons. The summed E-state index contributed by atoms with van der Waals surface area (Å²) in [6.07, 6.45) is 12.6. The molecule has 396 valence electrons. The van der Waals surface area contributed by atoms with E-state index in [1.807, 2.05) is 67.1 Å². The highest BCUT2D eigenvalue weighted by Gasteiger charge is 2.22. The number of aryl methyl sites for hydroxylation is 6. The number of alkyl carbamates (subject to hydrolysis) is 1. The molecule has 1 amide bonds. The van der Waals surface area contributed by atoms with Crippen molar-refractivity contribution in [1.29, 1.82) is 0 Å². The molecule has 0 aliphatic heterocycles. The minimum absolute atomic E-state index is 0.0504. The molecule has 2 atom stereocenters. The average molecular weight is 1070 g/mol. The molecule has 1 aliphatic carbocycles. The number of H-pyrrole nitrogens is 1. The van der Waals surface area contributed by atoms with E-state index < -0.39 is 23.3 Å². The molecule has 0 spiro atoms. The number of hydrogen-bond acceptors (Lipinski definition) is 10. The van der Waals surface area contributed by atoms with Gasteiger partial charge in [0.05, 0.1) is 56.8 Å². The van der Waals surface area contributed by atoms with Gasteiger partial charge in [-0.05, 0) is 148 Å². The Labute approximate surface area is 433 Å². The van der Waals surface area contributed by atoms with Gasteiger partial charge in [-0.2, -0.15) is 15.3 Å². The van der Waals surface area contributed by atoms with Crippen LogP contribution in [0.2, 0.25) is 0 Å². The number of nitrogens with one attached hydrogen (secondary N) is 3. The van der Waals surface area contributed by atoms with Crippen LogP contribution in [-0.4, -0.2) is 75.9 Å². The number of ether oxygens (including phenoxy) is 4. The Bertz CT molecular complexity index is 2580. The van der Waals surface area contributed by atoms with Crippen molar-refractivity contribution in [1.82, 2.24) is 40.4 Å². The molecule has 3 aromatic heterocycles. The largest absolute Gasteiger partial charge is 0.494 e. The number of amides is 1. The van der Waals surface area contributed by atoms with Gasteiger partial charge in [-0.15, -0.1) is 0 Å². The molecule has 0 unspecified atom stereocenters. The number of benzene rings is 3. The quantitative estimate of drug-likeness (QED) is 0.0980. The molecule has 14 nitrogen and oxygen atoms in total. The van der Waals surface area contributed by atoms with E-state index in [4.69, 9.17) is 24.7 Å². The van der Waals surface area contributed by atoms with Crippen LogP contribution in [0.25, 0.3) is 11.4 Å². The molecule has 5 N–H and O–H groups in total. The Balaban J connectivity index is 0.000000254. The van der Waals surface area contributed by atoms with E-state index in [1.54, 1.807) is 60.5 Å². The van der Waals surface area contributed by atoms with Crippen LogP contribution in [0.15, 0.2) is 59.5 Å². The maximum Gasteiger partial charge on any atom is 0.407 e. The molecule has 1 aliphatic rings. The molecule has 72 heavy (non-hydrogen) atoms. The number of nitrogens with two attached hydrogens (primary N) is 1. The van der Waals surface area contributed by atoms with Crippen molar-refractivity contribution in [2.45, 2.75) is 139 Å². The first kappa shape index (κ1) is 60.5. The highest BCUT2D eigenvalue weighted by Crippen LogP contribution is 2.30. The lowest BCUT2D eigenvalue weighted by Crippen LogP contribution is -2.35. The summed E-state index contributed by atoms with van der Waals surface area (Å²) < 4.78 is 66.3. The van der Waals surface area contributed by atoms with Crippen molar-refractivity contribution in [2.24, 2.45) is 11.7 Å². The first-order valence-corrected chi connectivity index (χ1v) is 25.0. The first-order valence-electron chi connectivity index (χ1n) is 24.2. The summed E-state index contributed by atoms with van der Waals surface area (Å²) >= 11 is 3.28. The summed E-state index contributed by atoms with van der Waals surface area (Å²) in [4.78, 5) is 11.9. The minimum atomic E-state index is -0.629. The third-order valence-electron chi connectivity index (χ3n) is 12.2. The molecule has 3 heterocycles. The highest BCUT2D eigenvalue weighted by atomic mass is 79.9. The number of hydrogen-bond donors (Lipinski definition) is 4. The van der Waals surface area contributed by atoms with Gasteiger partial charge in [-0.1, -0.05) is 49.0 Å². The molecule has 0 bridgehead atoms. The lowest BCUT2D eigenvalue weighted by atomic mass is 9.83. The zero-order valence-electron chi connectivity index (χ0n) is 44.9. The third kappa shape index (κ3) is 17.1. The number of rotatable bonds is 11. The zero-order chi connectivity index (χ0) is 53.9. The maximum absolute atomic E-state index is 14.8. The second-order valence-electron chi connectivity index (χ2n) is 18.3. The monoisotopic (exact) mass is 1070 g/mol. The lowest BCUT2D eigenvalue weighted by Gasteiger charge is -2.30. The number of carbonyl (C=O) groups is 1. The van der Waals surface area contributed by atoms with E-state index in [1.165, 1.54) is 65.1 Å². The van der Waals surface area contributed by atoms with Crippen molar-refractivity contribution < 1.29 is 36.9 Å². The van der Waals surface area contributed by atoms with Crippen LogP contribution in [0.1, 0.15) is 117 Å². The molecule has 18 heteroatoms. The number of aromatic nitrogens is 6. The molecular formula is C54H77BrF3N9O5. The van der Waals surface area contributed by atoms with Gasteiger partial charge in [0.2, 0.25) is 0 Å². The summed E-state index contributed by atoms with van der Waals surface area (Å²) in [5.74, 6) is 0.318. The van der Waals surface area contributed by atoms with Gasteiger partial charge in [-0.3, -0.25) is 5.10 Å². The van der Waals surface area contributed by atoms with Gasteiger partial charge >= 0.3 is 6.09 Å². The van der Waals surface area contributed by atoms with Gasteiger partial charge in [0, 0.05) is 51.8 Å². The van der Waals surface area contributed by atoms with Gasteiger partial charge in [0.1, 0.15) is 5.60 Å². The Morgan fingerprint density at radius 2 is 1.25 bits per heavy atom. The van der Waals surface area contributed by atoms with Gasteiger partial charge in [-0.25, -0.2) is 27.3 Å². The number of carbonyl (C=O) groups excluding carboxylic acids is 1. The molecule has 1 fully saturated rings. The van der Waals surface area contributed by atoms with E-state index in [-0.39, 0.29) is 36.0 Å². The van der Waals surface area contributed by atoms with E-state index in [0.29, 0.717) is 34.7 Å². The summed E-state index contributed by atoms with van der Waals surface area (Å²) in [6.45, 7) is 21.3. The van der Waals surface area contributed by atoms with E-state index in [0.717, 1.165) is 44.6 Å². The predicted octanol–water partition coefficient (Wildman–Crippen LogP) is 12.1. The van der Waals surface area contributed by atoms with Gasteiger partial charge in [0.25, 0.3) is 0 Å². The summed E-state index contributed by atoms with van der Waals surface area (Å²) in [7, 11) is 6.39. The lowest BCUT2D eigenvalue weighted by molar-refractivity contribution is 0.0523. The molecule has 7 rings (SSSR count). The number of methoxy groups -OCH3 is 3. The molecule has 1 saturated carbocycles. The van der Waals surface area contributed by atoms with E-state index in [9.17, 15) is 18.0 Å². The Morgan fingerprint density at radius 1 is 0.764 bits per heavy atom. The Hall–Kier alpha value is -5.85. The smallest absolute Gasteiger partial charge is 0.407 e. The van der Waals surface area contributed by atoms with Gasteiger partial charge in [0.15, 0.2) is 34.7 Å². The van der Waals surface area contributed by atoms with Crippen LogP contribution in [-0.2, 0) is 24.2 Å². The Morgan fingerprint density at radius 3 is 1.62 bits per heavy atom. The van der Waals surface area contributed by atoms with E-state index in [2.05, 4.69) is 60.9 Å². The van der Waals surface area contributed by atoms with Crippen molar-refractivity contribution in [3.8, 4) is 28.6 Å². The fraction of sp³-hybridized carbons (Fsp3) is 0.481.